The molecule has 0 aliphatic heterocycles. The number of amides is 1. The molecule has 0 atom stereocenters. The zero-order chi connectivity index (χ0) is 13.6. The Hall–Kier alpha value is -1.95. The number of carbonyl (C=O) groups is 1. The summed E-state index contributed by atoms with van der Waals surface area (Å²) in [5.41, 5.74) is -0.107. The van der Waals surface area contributed by atoms with Gasteiger partial charge in [-0.25, -0.2) is 0 Å². The van der Waals surface area contributed by atoms with Gasteiger partial charge in [-0.1, -0.05) is 18.9 Å². The lowest BCUT2D eigenvalue weighted by Gasteiger charge is -2.19. The van der Waals surface area contributed by atoms with Crippen molar-refractivity contribution in [2.24, 2.45) is 0 Å². The summed E-state index contributed by atoms with van der Waals surface area (Å²) in [6, 6.07) is 7.08. The number of hydrogen-bond donors (Lipinski definition) is 1. The second-order valence-corrected chi connectivity index (χ2v) is 4.60. The minimum absolute atomic E-state index is 0.195. The lowest BCUT2D eigenvalue weighted by molar-refractivity contribution is 0.0929. The fraction of sp³-hybridized carbons (Fsp3) is 0.400. The Balaban J connectivity index is 2.78. The van der Waals surface area contributed by atoms with E-state index in [2.05, 4.69) is 11.2 Å². The SMILES string of the molecule is C#CC(C)(C)NC(=O)c1cccc(OCCC)c1. The van der Waals surface area contributed by atoms with Crippen molar-refractivity contribution in [3.05, 3.63) is 29.8 Å². The largest absolute Gasteiger partial charge is 0.494 e. The Bertz CT molecular complexity index is 458. The van der Waals surface area contributed by atoms with Gasteiger partial charge >= 0.3 is 0 Å². The van der Waals surface area contributed by atoms with Crippen LogP contribution in [0.1, 0.15) is 37.6 Å². The van der Waals surface area contributed by atoms with Crippen LogP contribution in [-0.4, -0.2) is 18.1 Å². The molecule has 1 rings (SSSR count). The van der Waals surface area contributed by atoms with Gasteiger partial charge in [0.2, 0.25) is 0 Å². The van der Waals surface area contributed by atoms with Crippen LogP contribution < -0.4 is 10.1 Å². The molecule has 3 nitrogen and oxygen atoms in total. The Labute approximate surface area is 109 Å². The lowest BCUT2D eigenvalue weighted by Crippen LogP contribution is -2.42. The minimum atomic E-state index is -0.655. The number of rotatable bonds is 5. The Kier molecular flexibility index (Phi) is 4.79. The third-order valence-corrected chi connectivity index (χ3v) is 2.36. The molecular weight excluding hydrogens is 226 g/mol. The molecular formula is C15H19NO2. The normalized spacial score (nSPS) is 10.6. The van der Waals surface area contributed by atoms with Gasteiger partial charge in [0.15, 0.2) is 0 Å². The van der Waals surface area contributed by atoms with Gasteiger partial charge in [0.25, 0.3) is 5.91 Å². The molecule has 0 radical (unpaired) electrons. The molecule has 1 aromatic rings. The van der Waals surface area contributed by atoms with Crippen LogP contribution in [0.25, 0.3) is 0 Å². The van der Waals surface area contributed by atoms with Gasteiger partial charge in [-0.3, -0.25) is 4.79 Å². The van der Waals surface area contributed by atoms with E-state index in [1.54, 1.807) is 32.0 Å². The number of ether oxygens (including phenoxy) is 1. The predicted octanol–water partition coefficient (Wildman–Crippen LogP) is 2.62. The summed E-state index contributed by atoms with van der Waals surface area (Å²) in [7, 11) is 0. The van der Waals surface area contributed by atoms with Crippen molar-refractivity contribution in [1.82, 2.24) is 5.32 Å². The van der Waals surface area contributed by atoms with Crippen LogP contribution in [0.15, 0.2) is 24.3 Å². The summed E-state index contributed by atoms with van der Waals surface area (Å²) in [5, 5.41) is 2.77. The highest BCUT2D eigenvalue weighted by atomic mass is 16.5. The first kappa shape index (κ1) is 14.1. The molecule has 0 aliphatic rings. The molecule has 0 heterocycles. The van der Waals surface area contributed by atoms with Crippen LogP contribution >= 0.6 is 0 Å². The molecule has 0 aliphatic carbocycles. The average molecular weight is 245 g/mol. The molecule has 96 valence electrons. The molecule has 0 bridgehead atoms. The Morgan fingerprint density at radius 3 is 2.83 bits per heavy atom. The van der Waals surface area contributed by atoms with E-state index < -0.39 is 5.54 Å². The standard InChI is InChI=1S/C15H19NO2/c1-5-10-18-13-9-7-8-12(11-13)14(17)16-15(3,4)6-2/h2,7-9,11H,5,10H2,1,3-4H3,(H,16,17). The van der Waals surface area contributed by atoms with E-state index in [9.17, 15) is 4.79 Å². The van der Waals surface area contributed by atoms with E-state index in [-0.39, 0.29) is 5.91 Å². The third kappa shape index (κ3) is 4.14. The first-order valence-corrected chi connectivity index (χ1v) is 6.01. The molecule has 1 amide bonds. The maximum Gasteiger partial charge on any atom is 0.252 e. The van der Waals surface area contributed by atoms with Gasteiger partial charge in [0.05, 0.1) is 12.1 Å². The Morgan fingerprint density at radius 1 is 1.50 bits per heavy atom. The van der Waals surface area contributed by atoms with Crippen LogP contribution in [0.3, 0.4) is 0 Å². The first-order valence-electron chi connectivity index (χ1n) is 6.01. The monoisotopic (exact) mass is 245 g/mol. The predicted molar refractivity (Wildman–Crippen MR) is 72.6 cm³/mol. The molecule has 0 saturated carbocycles. The minimum Gasteiger partial charge on any atom is -0.494 e. The molecule has 0 fully saturated rings. The lowest BCUT2D eigenvalue weighted by atomic mass is 10.1. The highest BCUT2D eigenvalue weighted by molar-refractivity contribution is 5.95. The topological polar surface area (TPSA) is 38.3 Å². The summed E-state index contributed by atoms with van der Waals surface area (Å²) in [6.45, 7) is 6.23. The van der Waals surface area contributed by atoms with Crippen molar-refractivity contribution in [1.29, 1.82) is 0 Å². The molecule has 1 N–H and O–H groups in total. The van der Waals surface area contributed by atoms with Crippen LogP contribution in [0.2, 0.25) is 0 Å². The summed E-state index contributed by atoms with van der Waals surface area (Å²) in [5.74, 6) is 3.03. The van der Waals surface area contributed by atoms with Crippen LogP contribution in [0.4, 0.5) is 0 Å². The summed E-state index contributed by atoms with van der Waals surface area (Å²) >= 11 is 0. The van der Waals surface area contributed by atoms with Crippen LogP contribution in [0, 0.1) is 12.3 Å². The second kappa shape index (κ2) is 6.11. The Morgan fingerprint density at radius 2 is 2.22 bits per heavy atom. The van der Waals surface area contributed by atoms with E-state index in [1.807, 2.05) is 13.0 Å². The summed E-state index contributed by atoms with van der Waals surface area (Å²) in [6.07, 6.45) is 6.27. The van der Waals surface area contributed by atoms with E-state index in [1.165, 1.54) is 0 Å². The number of terminal acetylenes is 1. The molecule has 0 saturated heterocycles. The van der Waals surface area contributed by atoms with Gasteiger partial charge in [0.1, 0.15) is 5.75 Å². The zero-order valence-corrected chi connectivity index (χ0v) is 11.1. The van der Waals surface area contributed by atoms with Gasteiger partial charge < -0.3 is 10.1 Å². The number of nitrogens with one attached hydrogen (secondary N) is 1. The fourth-order valence-electron chi connectivity index (χ4n) is 1.34. The van der Waals surface area contributed by atoms with E-state index in [0.29, 0.717) is 17.9 Å². The van der Waals surface area contributed by atoms with Crippen molar-refractivity contribution in [2.45, 2.75) is 32.7 Å². The van der Waals surface area contributed by atoms with Gasteiger partial charge in [-0.05, 0) is 38.5 Å². The number of hydrogen-bond acceptors (Lipinski definition) is 2. The zero-order valence-electron chi connectivity index (χ0n) is 11.1. The molecule has 0 spiro atoms. The molecule has 3 heteroatoms. The quantitative estimate of drug-likeness (QED) is 0.810. The highest BCUT2D eigenvalue weighted by Crippen LogP contribution is 2.14. The second-order valence-electron chi connectivity index (χ2n) is 4.60. The molecule has 0 aromatic heterocycles. The molecule has 1 aromatic carbocycles. The number of benzene rings is 1. The van der Waals surface area contributed by atoms with Gasteiger partial charge in [-0.2, -0.15) is 0 Å². The fourth-order valence-corrected chi connectivity index (χ4v) is 1.34. The van der Waals surface area contributed by atoms with Gasteiger partial charge in [0, 0.05) is 5.56 Å². The average Bonchev–Trinajstić information content (AvgIpc) is 2.36. The van der Waals surface area contributed by atoms with Crippen molar-refractivity contribution < 1.29 is 9.53 Å². The third-order valence-electron chi connectivity index (χ3n) is 2.36. The summed E-state index contributed by atoms with van der Waals surface area (Å²) < 4.78 is 5.48. The highest BCUT2D eigenvalue weighted by Gasteiger charge is 2.18. The van der Waals surface area contributed by atoms with Crippen molar-refractivity contribution in [3.63, 3.8) is 0 Å². The van der Waals surface area contributed by atoms with Crippen molar-refractivity contribution >= 4 is 5.91 Å². The van der Waals surface area contributed by atoms with Gasteiger partial charge in [-0.15, -0.1) is 6.42 Å². The smallest absolute Gasteiger partial charge is 0.252 e. The van der Waals surface area contributed by atoms with E-state index in [4.69, 9.17) is 11.2 Å². The maximum absolute atomic E-state index is 12.0. The van der Waals surface area contributed by atoms with Crippen molar-refractivity contribution in [2.75, 3.05) is 6.61 Å². The number of carbonyl (C=O) groups excluding carboxylic acids is 1. The molecule has 18 heavy (non-hydrogen) atoms. The van der Waals surface area contributed by atoms with Crippen LogP contribution in [0.5, 0.6) is 5.75 Å². The first-order chi connectivity index (χ1) is 8.48. The molecule has 0 unspecified atom stereocenters. The maximum atomic E-state index is 12.0. The van der Waals surface area contributed by atoms with E-state index in [0.717, 1.165) is 6.42 Å². The van der Waals surface area contributed by atoms with Crippen molar-refractivity contribution in [3.8, 4) is 18.1 Å². The van der Waals surface area contributed by atoms with Crippen LogP contribution in [-0.2, 0) is 0 Å². The van der Waals surface area contributed by atoms with E-state index >= 15 is 0 Å². The summed E-state index contributed by atoms with van der Waals surface area (Å²) in [4.78, 5) is 12.0.